The fourth-order valence-corrected chi connectivity index (χ4v) is 1.68. The average molecular weight is 232 g/mol. The number of rotatable bonds is 1. The summed E-state index contributed by atoms with van der Waals surface area (Å²) in [7, 11) is 0. The number of aromatic nitrogens is 3. The Bertz CT molecular complexity index is 546. The molecule has 2 aromatic heterocycles. The van der Waals surface area contributed by atoms with Gasteiger partial charge in [-0.15, -0.1) is 0 Å². The molecule has 0 aliphatic heterocycles. The Morgan fingerprint density at radius 2 is 1.88 bits per heavy atom. The standard InChI is InChI=1S/C13H20N4/c1-8(2)9-6-11(14)17-12(15-9)7-10(16-17)13(3,4)5/h6-8H,14H2,1-5H3. The number of hydrogen-bond acceptors (Lipinski definition) is 3. The lowest BCUT2D eigenvalue weighted by molar-refractivity contribution is 0.563. The summed E-state index contributed by atoms with van der Waals surface area (Å²) in [6.45, 7) is 10.6. The normalized spacial score (nSPS) is 12.6. The first kappa shape index (κ1) is 11.9. The van der Waals surface area contributed by atoms with Crippen LogP contribution in [-0.2, 0) is 5.41 Å². The summed E-state index contributed by atoms with van der Waals surface area (Å²) in [4.78, 5) is 4.59. The molecule has 2 rings (SSSR count). The van der Waals surface area contributed by atoms with Crippen LogP contribution in [0.25, 0.3) is 5.65 Å². The average Bonchev–Trinajstić information content (AvgIpc) is 2.60. The third kappa shape index (κ3) is 2.12. The topological polar surface area (TPSA) is 56.2 Å². The number of nitrogen functional groups attached to an aromatic ring is 1. The molecule has 0 amide bonds. The van der Waals surface area contributed by atoms with Gasteiger partial charge < -0.3 is 5.73 Å². The highest BCUT2D eigenvalue weighted by atomic mass is 15.3. The molecule has 0 bridgehead atoms. The summed E-state index contributed by atoms with van der Waals surface area (Å²) in [5, 5.41) is 4.51. The number of fused-ring (bicyclic) bond motifs is 1. The van der Waals surface area contributed by atoms with E-state index in [9.17, 15) is 0 Å². The van der Waals surface area contributed by atoms with Crippen LogP contribution in [0.4, 0.5) is 5.82 Å². The highest BCUT2D eigenvalue weighted by Gasteiger charge is 2.19. The first-order chi connectivity index (χ1) is 7.79. The van der Waals surface area contributed by atoms with Crippen LogP contribution in [0.1, 0.15) is 51.9 Å². The zero-order valence-corrected chi connectivity index (χ0v) is 11.2. The van der Waals surface area contributed by atoms with E-state index in [1.165, 1.54) is 0 Å². The van der Waals surface area contributed by atoms with Crippen LogP contribution in [0.2, 0.25) is 0 Å². The van der Waals surface area contributed by atoms with Crippen molar-refractivity contribution in [2.45, 2.75) is 46.0 Å². The van der Waals surface area contributed by atoms with Crippen LogP contribution in [-0.4, -0.2) is 14.6 Å². The molecule has 4 nitrogen and oxygen atoms in total. The van der Waals surface area contributed by atoms with Crippen molar-refractivity contribution in [1.29, 1.82) is 0 Å². The fourth-order valence-electron chi connectivity index (χ4n) is 1.68. The maximum atomic E-state index is 6.01. The molecule has 17 heavy (non-hydrogen) atoms. The number of nitrogens with two attached hydrogens (primary N) is 1. The molecule has 0 aromatic carbocycles. The molecule has 4 heteroatoms. The van der Waals surface area contributed by atoms with Crippen LogP contribution in [0.15, 0.2) is 12.1 Å². The Morgan fingerprint density at radius 3 is 2.41 bits per heavy atom. The highest BCUT2D eigenvalue weighted by molar-refractivity contribution is 5.49. The zero-order valence-electron chi connectivity index (χ0n) is 11.2. The molecule has 0 atom stereocenters. The Hall–Kier alpha value is -1.58. The number of hydrogen-bond donors (Lipinski definition) is 1. The van der Waals surface area contributed by atoms with Crippen molar-refractivity contribution in [2.75, 3.05) is 5.73 Å². The second-order valence-corrected chi connectivity index (χ2v) is 5.81. The van der Waals surface area contributed by atoms with Gasteiger partial charge in [0, 0.05) is 23.2 Å². The van der Waals surface area contributed by atoms with E-state index in [0.29, 0.717) is 11.7 Å². The molecule has 2 N–H and O–H groups in total. The largest absolute Gasteiger partial charge is 0.384 e. The van der Waals surface area contributed by atoms with Gasteiger partial charge in [0.1, 0.15) is 5.82 Å². The lowest BCUT2D eigenvalue weighted by atomic mass is 9.93. The lowest BCUT2D eigenvalue weighted by Gasteiger charge is -2.13. The molecule has 0 aliphatic carbocycles. The van der Waals surface area contributed by atoms with E-state index in [1.54, 1.807) is 4.52 Å². The molecule has 0 fully saturated rings. The molecule has 0 unspecified atom stereocenters. The van der Waals surface area contributed by atoms with Crippen LogP contribution < -0.4 is 5.73 Å². The van der Waals surface area contributed by atoms with E-state index in [4.69, 9.17) is 5.73 Å². The maximum Gasteiger partial charge on any atom is 0.157 e. The SMILES string of the molecule is CC(C)c1cc(N)n2nc(C(C)(C)C)cc2n1. The van der Waals surface area contributed by atoms with Crippen LogP contribution in [0.3, 0.4) is 0 Å². The monoisotopic (exact) mass is 232 g/mol. The van der Waals surface area contributed by atoms with Gasteiger partial charge in [0.15, 0.2) is 5.65 Å². The Labute approximate surface area is 102 Å². The summed E-state index contributed by atoms with van der Waals surface area (Å²) in [5.74, 6) is 1.02. The van der Waals surface area contributed by atoms with Crippen molar-refractivity contribution >= 4 is 11.5 Å². The smallest absolute Gasteiger partial charge is 0.157 e. The molecule has 2 aromatic rings. The predicted molar refractivity (Wildman–Crippen MR) is 70.2 cm³/mol. The second kappa shape index (κ2) is 3.72. The zero-order chi connectivity index (χ0) is 12.8. The van der Waals surface area contributed by atoms with E-state index in [-0.39, 0.29) is 5.41 Å². The van der Waals surface area contributed by atoms with Gasteiger partial charge in [-0.2, -0.15) is 9.61 Å². The molecule has 0 spiro atoms. The van der Waals surface area contributed by atoms with Gasteiger partial charge in [0.25, 0.3) is 0 Å². The third-order valence-corrected chi connectivity index (χ3v) is 2.83. The minimum Gasteiger partial charge on any atom is -0.384 e. The summed E-state index contributed by atoms with van der Waals surface area (Å²) < 4.78 is 1.71. The minimum absolute atomic E-state index is 0.0120. The maximum absolute atomic E-state index is 6.01. The molecular weight excluding hydrogens is 212 g/mol. The van der Waals surface area contributed by atoms with Crippen molar-refractivity contribution in [3.05, 3.63) is 23.5 Å². The minimum atomic E-state index is 0.0120. The van der Waals surface area contributed by atoms with Crippen molar-refractivity contribution in [3.63, 3.8) is 0 Å². The van der Waals surface area contributed by atoms with Crippen LogP contribution in [0, 0.1) is 0 Å². The van der Waals surface area contributed by atoms with E-state index < -0.39 is 0 Å². The summed E-state index contributed by atoms with van der Waals surface area (Å²) in [5.41, 5.74) is 8.88. The highest BCUT2D eigenvalue weighted by Crippen LogP contribution is 2.24. The molecule has 0 saturated heterocycles. The summed E-state index contributed by atoms with van der Waals surface area (Å²) in [6, 6.07) is 3.92. The molecular formula is C13H20N4. The van der Waals surface area contributed by atoms with Gasteiger partial charge in [0.05, 0.1) is 5.69 Å². The first-order valence-electron chi connectivity index (χ1n) is 5.95. The van der Waals surface area contributed by atoms with E-state index >= 15 is 0 Å². The van der Waals surface area contributed by atoms with E-state index in [2.05, 4.69) is 44.7 Å². The lowest BCUT2D eigenvalue weighted by Crippen LogP contribution is -2.12. The van der Waals surface area contributed by atoms with Crippen molar-refractivity contribution in [1.82, 2.24) is 14.6 Å². The van der Waals surface area contributed by atoms with Crippen molar-refractivity contribution < 1.29 is 0 Å². The number of anilines is 1. The molecule has 0 saturated carbocycles. The van der Waals surface area contributed by atoms with Crippen molar-refractivity contribution in [3.8, 4) is 0 Å². The molecule has 2 heterocycles. The fraction of sp³-hybridized carbons (Fsp3) is 0.538. The van der Waals surface area contributed by atoms with Gasteiger partial charge in [-0.3, -0.25) is 0 Å². The Balaban J connectivity index is 2.65. The van der Waals surface area contributed by atoms with E-state index in [1.807, 2.05) is 12.1 Å². The van der Waals surface area contributed by atoms with Gasteiger partial charge in [0.2, 0.25) is 0 Å². The summed E-state index contributed by atoms with van der Waals surface area (Å²) in [6.07, 6.45) is 0. The van der Waals surface area contributed by atoms with Gasteiger partial charge in [-0.1, -0.05) is 34.6 Å². The Kier molecular flexibility index (Phi) is 2.60. The third-order valence-electron chi connectivity index (χ3n) is 2.83. The van der Waals surface area contributed by atoms with Crippen LogP contribution >= 0.6 is 0 Å². The second-order valence-electron chi connectivity index (χ2n) is 5.81. The van der Waals surface area contributed by atoms with Crippen molar-refractivity contribution in [2.24, 2.45) is 0 Å². The predicted octanol–water partition coefficient (Wildman–Crippen LogP) is 2.73. The Morgan fingerprint density at radius 1 is 1.24 bits per heavy atom. The van der Waals surface area contributed by atoms with E-state index in [0.717, 1.165) is 17.0 Å². The molecule has 0 aliphatic rings. The van der Waals surface area contributed by atoms with Crippen LogP contribution in [0.5, 0.6) is 0 Å². The molecule has 92 valence electrons. The number of nitrogens with zero attached hydrogens (tertiary/aromatic N) is 3. The van der Waals surface area contributed by atoms with Gasteiger partial charge in [-0.05, 0) is 5.92 Å². The van der Waals surface area contributed by atoms with Gasteiger partial charge >= 0.3 is 0 Å². The quantitative estimate of drug-likeness (QED) is 0.822. The van der Waals surface area contributed by atoms with Gasteiger partial charge in [-0.25, -0.2) is 4.98 Å². The molecule has 0 radical (unpaired) electrons. The summed E-state index contributed by atoms with van der Waals surface area (Å²) >= 11 is 0. The first-order valence-corrected chi connectivity index (χ1v) is 5.95.